The maximum absolute atomic E-state index is 11.9. The molecule has 1 aromatic heterocycles. The van der Waals surface area contributed by atoms with Crippen molar-refractivity contribution in [2.24, 2.45) is 0 Å². The third-order valence-electron chi connectivity index (χ3n) is 3.32. The standard InChI is InChI=1S/C12H20N4O2/c1-8-12(13)9(2)16(15-8)7-11(17)14-10-3-5-18-6-4-10/h10H,3-7,13H2,1-2H3,(H,14,17). The lowest BCUT2D eigenvalue weighted by Gasteiger charge is -2.23. The van der Waals surface area contributed by atoms with Crippen LogP contribution in [0.1, 0.15) is 24.2 Å². The Labute approximate surface area is 106 Å². The first-order valence-electron chi connectivity index (χ1n) is 6.24. The minimum atomic E-state index is -0.0208. The molecular weight excluding hydrogens is 232 g/mol. The second-order valence-corrected chi connectivity index (χ2v) is 4.70. The molecule has 0 aromatic carbocycles. The number of aryl methyl sites for hydroxylation is 1. The van der Waals surface area contributed by atoms with Crippen molar-refractivity contribution in [2.45, 2.75) is 39.3 Å². The van der Waals surface area contributed by atoms with E-state index in [2.05, 4.69) is 10.4 Å². The van der Waals surface area contributed by atoms with Gasteiger partial charge < -0.3 is 15.8 Å². The predicted molar refractivity (Wildman–Crippen MR) is 68.1 cm³/mol. The van der Waals surface area contributed by atoms with Crippen molar-refractivity contribution in [3.63, 3.8) is 0 Å². The van der Waals surface area contributed by atoms with Crippen LogP contribution in [0.3, 0.4) is 0 Å². The van der Waals surface area contributed by atoms with Crippen molar-refractivity contribution in [1.29, 1.82) is 0 Å². The third kappa shape index (κ3) is 2.81. The van der Waals surface area contributed by atoms with Crippen LogP contribution in [-0.2, 0) is 16.1 Å². The molecule has 18 heavy (non-hydrogen) atoms. The largest absolute Gasteiger partial charge is 0.396 e. The Kier molecular flexibility index (Phi) is 3.86. The molecule has 0 bridgehead atoms. The van der Waals surface area contributed by atoms with Gasteiger partial charge in [0.25, 0.3) is 0 Å². The van der Waals surface area contributed by atoms with Crippen LogP contribution in [0.4, 0.5) is 5.69 Å². The molecule has 100 valence electrons. The summed E-state index contributed by atoms with van der Waals surface area (Å²) in [7, 11) is 0. The highest BCUT2D eigenvalue weighted by Gasteiger charge is 2.17. The second kappa shape index (κ2) is 5.39. The number of carbonyl (C=O) groups is 1. The molecule has 1 aromatic rings. The number of nitrogens with two attached hydrogens (primary N) is 1. The van der Waals surface area contributed by atoms with Gasteiger partial charge in [0, 0.05) is 19.3 Å². The number of aromatic nitrogens is 2. The summed E-state index contributed by atoms with van der Waals surface area (Å²) < 4.78 is 6.90. The number of ether oxygens (including phenoxy) is 1. The lowest BCUT2D eigenvalue weighted by molar-refractivity contribution is -0.123. The van der Waals surface area contributed by atoms with E-state index in [-0.39, 0.29) is 18.5 Å². The topological polar surface area (TPSA) is 82.2 Å². The van der Waals surface area contributed by atoms with Gasteiger partial charge in [-0.3, -0.25) is 9.48 Å². The van der Waals surface area contributed by atoms with Crippen LogP contribution in [0.2, 0.25) is 0 Å². The van der Waals surface area contributed by atoms with Crippen molar-refractivity contribution in [3.05, 3.63) is 11.4 Å². The summed E-state index contributed by atoms with van der Waals surface area (Å²) in [5, 5.41) is 7.25. The van der Waals surface area contributed by atoms with E-state index in [4.69, 9.17) is 10.5 Å². The zero-order valence-electron chi connectivity index (χ0n) is 10.9. The molecule has 6 heteroatoms. The molecule has 0 saturated carbocycles. The fraction of sp³-hybridized carbons (Fsp3) is 0.667. The summed E-state index contributed by atoms with van der Waals surface area (Å²) in [5.74, 6) is -0.0208. The number of hydrogen-bond donors (Lipinski definition) is 2. The Morgan fingerprint density at radius 1 is 1.50 bits per heavy atom. The molecule has 2 rings (SSSR count). The predicted octanol–water partition coefficient (Wildman–Crippen LogP) is 0.377. The fourth-order valence-electron chi connectivity index (χ4n) is 2.12. The Morgan fingerprint density at radius 3 is 2.72 bits per heavy atom. The second-order valence-electron chi connectivity index (χ2n) is 4.70. The van der Waals surface area contributed by atoms with E-state index in [0.717, 1.165) is 37.4 Å². The summed E-state index contributed by atoms with van der Waals surface area (Å²) in [4.78, 5) is 11.9. The van der Waals surface area contributed by atoms with Crippen molar-refractivity contribution in [2.75, 3.05) is 18.9 Å². The van der Waals surface area contributed by atoms with Gasteiger partial charge in [-0.2, -0.15) is 5.10 Å². The molecule has 0 aliphatic carbocycles. The van der Waals surface area contributed by atoms with Crippen LogP contribution >= 0.6 is 0 Å². The quantitative estimate of drug-likeness (QED) is 0.814. The highest BCUT2D eigenvalue weighted by atomic mass is 16.5. The number of amides is 1. The lowest BCUT2D eigenvalue weighted by Crippen LogP contribution is -2.40. The van der Waals surface area contributed by atoms with Gasteiger partial charge in [0.2, 0.25) is 5.91 Å². The van der Waals surface area contributed by atoms with Crippen LogP contribution in [-0.4, -0.2) is 34.9 Å². The van der Waals surface area contributed by atoms with Gasteiger partial charge >= 0.3 is 0 Å². The highest BCUT2D eigenvalue weighted by Crippen LogP contribution is 2.14. The van der Waals surface area contributed by atoms with Gasteiger partial charge in [-0.1, -0.05) is 0 Å². The lowest BCUT2D eigenvalue weighted by atomic mass is 10.1. The summed E-state index contributed by atoms with van der Waals surface area (Å²) in [5.41, 5.74) is 8.10. The smallest absolute Gasteiger partial charge is 0.241 e. The van der Waals surface area contributed by atoms with Crippen molar-refractivity contribution >= 4 is 11.6 Å². The van der Waals surface area contributed by atoms with E-state index in [0.29, 0.717) is 5.69 Å². The molecule has 2 heterocycles. The molecule has 1 aliphatic rings. The maximum Gasteiger partial charge on any atom is 0.241 e. The van der Waals surface area contributed by atoms with Crippen LogP contribution < -0.4 is 11.1 Å². The summed E-state index contributed by atoms with van der Waals surface area (Å²) >= 11 is 0. The van der Waals surface area contributed by atoms with E-state index in [1.165, 1.54) is 0 Å². The Balaban J connectivity index is 1.92. The number of hydrogen-bond acceptors (Lipinski definition) is 4. The molecule has 1 amide bonds. The molecule has 3 N–H and O–H groups in total. The molecule has 1 fully saturated rings. The molecule has 0 spiro atoms. The summed E-state index contributed by atoms with van der Waals surface area (Å²) in [6.07, 6.45) is 1.76. The molecule has 0 unspecified atom stereocenters. The molecule has 1 saturated heterocycles. The normalized spacial score (nSPS) is 16.8. The van der Waals surface area contributed by atoms with Crippen molar-refractivity contribution < 1.29 is 9.53 Å². The molecule has 6 nitrogen and oxygen atoms in total. The van der Waals surface area contributed by atoms with E-state index in [1.807, 2.05) is 13.8 Å². The minimum Gasteiger partial charge on any atom is -0.396 e. The van der Waals surface area contributed by atoms with Crippen molar-refractivity contribution in [3.8, 4) is 0 Å². The average molecular weight is 252 g/mol. The first-order chi connectivity index (χ1) is 8.58. The summed E-state index contributed by atoms with van der Waals surface area (Å²) in [6.45, 7) is 5.38. The van der Waals surface area contributed by atoms with Gasteiger partial charge in [-0.05, 0) is 26.7 Å². The Morgan fingerprint density at radius 2 is 2.17 bits per heavy atom. The number of anilines is 1. The maximum atomic E-state index is 11.9. The van der Waals surface area contributed by atoms with Crippen LogP contribution in [0, 0.1) is 13.8 Å². The number of nitrogen functional groups attached to an aromatic ring is 1. The van der Waals surface area contributed by atoms with E-state index in [9.17, 15) is 4.79 Å². The van der Waals surface area contributed by atoms with E-state index in [1.54, 1.807) is 4.68 Å². The Bertz CT molecular complexity index is 436. The Hall–Kier alpha value is -1.56. The van der Waals surface area contributed by atoms with Crippen LogP contribution in [0.5, 0.6) is 0 Å². The first kappa shape index (κ1) is 12.9. The average Bonchev–Trinajstić information content (AvgIpc) is 2.58. The van der Waals surface area contributed by atoms with E-state index >= 15 is 0 Å². The number of rotatable bonds is 3. The first-order valence-corrected chi connectivity index (χ1v) is 6.24. The fourth-order valence-corrected chi connectivity index (χ4v) is 2.12. The van der Waals surface area contributed by atoms with Gasteiger partial charge in [-0.25, -0.2) is 0 Å². The minimum absolute atomic E-state index is 0.0208. The number of carbonyl (C=O) groups excluding carboxylic acids is 1. The van der Waals surface area contributed by atoms with Gasteiger partial charge in [0.05, 0.1) is 17.1 Å². The zero-order chi connectivity index (χ0) is 13.1. The molecule has 1 aliphatic heterocycles. The van der Waals surface area contributed by atoms with Crippen molar-refractivity contribution in [1.82, 2.24) is 15.1 Å². The van der Waals surface area contributed by atoms with Gasteiger partial charge in [-0.15, -0.1) is 0 Å². The zero-order valence-corrected chi connectivity index (χ0v) is 10.9. The monoisotopic (exact) mass is 252 g/mol. The van der Waals surface area contributed by atoms with Gasteiger partial charge in [0.15, 0.2) is 0 Å². The number of nitrogens with one attached hydrogen (secondary N) is 1. The van der Waals surface area contributed by atoms with Gasteiger partial charge in [0.1, 0.15) is 6.54 Å². The number of nitrogens with zero attached hydrogens (tertiary/aromatic N) is 2. The third-order valence-corrected chi connectivity index (χ3v) is 3.32. The molecule has 0 atom stereocenters. The van der Waals surface area contributed by atoms with E-state index < -0.39 is 0 Å². The highest BCUT2D eigenvalue weighted by molar-refractivity contribution is 5.76. The SMILES string of the molecule is Cc1nn(CC(=O)NC2CCOCC2)c(C)c1N. The van der Waals surface area contributed by atoms with Crippen LogP contribution in [0.25, 0.3) is 0 Å². The van der Waals surface area contributed by atoms with Crippen LogP contribution in [0.15, 0.2) is 0 Å². The summed E-state index contributed by atoms with van der Waals surface area (Å²) in [6, 6.07) is 0.223. The molecular formula is C12H20N4O2. The molecule has 0 radical (unpaired) electrons.